The van der Waals surface area contributed by atoms with Gasteiger partial charge in [-0.3, -0.25) is 9.59 Å². The first kappa shape index (κ1) is 19.4. The summed E-state index contributed by atoms with van der Waals surface area (Å²) in [6, 6.07) is 17.7. The number of carbonyl (C=O) groups is 2. The fraction of sp³-hybridized carbons (Fsp3) is 0.360. The SMILES string of the molecule is C=C1CC2COC(=O)C2(Cc2ccc(NC(=O)[C@@H](CC)c3ccccc3)cc2)C1. The fourth-order valence-corrected chi connectivity index (χ4v) is 4.82. The highest BCUT2D eigenvalue weighted by molar-refractivity contribution is 5.95. The number of nitrogens with one attached hydrogen (secondary N) is 1. The van der Waals surface area contributed by atoms with Crippen molar-refractivity contribution in [1.29, 1.82) is 0 Å². The van der Waals surface area contributed by atoms with Crippen LogP contribution >= 0.6 is 0 Å². The summed E-state index contributed by atoms with van der Waals surface area (Å²) < 4.78 is 5.36. The minimum absolute atomic E-state index is 0.00318. The van der Waals surface area contributed by atoms with E-state index in [4.69, 9.17) is 4.74 Å². The molecule has 2 aliphatic rings. The van der Waals surface area contributed by atoms with Crippen LogP contribution in [0.4, 0.5) is 5.69 Å². The lowest BCUT2D eigenvalue weighted by molar-refractivity contribution is -0.146. The van der Waals surface area contributed by atoms with Crippen LogP contribution < -0.4 is 5.32 Å². The van der Waals surface area contributed by atoms with E-state index in [0.717, 1.165) is 35.2 Å². The van der Waals surface area contributed by atoms with Gasteiger partial charge in [0.25, 0.3) is 0 Å². The summed E-state index contributed by atoms with van der Waals surface area (Å²) in [7, 11) is 0. The van der Waals surface area contributed by atoms with E-state index in [1.54, 1.807) is 0 Å². The number of rotatable bonds is 6. The van der Waals surface area contributed by atoms with Crippen LogP contribution in [0.25, 0.3) is 0 Å². The quantitative estimate of drug-likeness (QED) is 0.566. The van der Waals surface area contributed by atoms with Gasteiger partial charge >= 0.3 is 5.97 Å². The van der Waals surface area contributed by atoms with Crippen molar-refractivity contribution in [2.45, 2.75) is 38.5 Å². The molecule has 150 valence electrons. The lowest BCUT2D eigenvalue weighted by Crippen LogP contribution is -2.31. The molecule has 0 aromatic heterocycles. The van der Waals surface area contributed by atoms with Crippen molar-refractivity contribution < 1.29 is 14.3 Å². The van der Waals surface area contributed by atoms with E-state index in [2.05, 4.69) is 11.9 Å². The van der Waals surface area contributed by atoms with Crippen LogP contribution in [-0.2, 0) is 20.7 Å². The van der Waals surface area contributed by atoms with Gasteiger partial charge in [0.2, 0.25) is 5.91 Å². The molecule has 1 heterocycles. The molecule has 1 aliphatic carbocycles. The van der Waals surface area contributed by atoms with Crippen LogP contribution in [0.3, 0.4) is 0 Å². The van der Waals surface area contributed by atoms with E-state index in [0.29, 0.717) is 19.4 Å². The molecule has 1 N–H and O–H groups in total. The molecule has 1 saturated carbocycles. The molecule has 4 rings (SSSR count). The zero-order chi connectivity index (χ0) is 20.4. The molecular weight excluding hydrogens is 362 g/mol. The molecule has 2 unspecified atom stereocenters. The molecule has 0 radical (unpaired) electrons. The minimum atomic E-state index is -0.456. The molecule has 2 fully saturated rings. The Morgan fingerprint density at radius 1 is 1.21 bits per heavy atom. The highest BCUT2D eigenvalue weighted by atomic mass is 16.5. The lowest BCUT2D eigenvalue weighted by atomic mass is 9.75. The number of amides is 1. The maximum atomic E-state index is 12.8. The van der Waals surface area contributed by atoms with Gasteiger partial charge in [0.1, 0.15) is 0 Å². The van der Waals surface area contributed by atoms with Crippen molar-refractivity contribution in [3.05, 3.63) is 77.9 Å². The second-order valence-corrected chi connectivity index (χ2v) is 8.32. The van der Waals surface area contributed by atoms with E-state index in [1.807, 2.05) is 61.5 Å². The maximum Gasteiger partial charge on any atom is 0.313 e. The van der Waals surface area contributed by atoms with Crippen LogP contribution in [0.15, 0.2) is 66.7 Å². The van der Waals surface area contributed by atoms with E-state index in [-0.39, 0.29) is 23.7 Å². The number of esters is 1. The van der Waals surface area contributed by atoms with E-state index in [1.165, 1.54) is 0 Å². The van der Waals surface area contributed by atoms with E-state index < -0.39 is 5.41 Å². The summed E-state index contributed by atoms with van der Waals surface area (Å²) in [5, 5.41) is 3.03. The number of hydrogen-bond acceptors (Lipinski definition) is 3. The molecule has 4 nitrogen and oxygen atoms in total. The molecule has 1 aliphatic heterocycles. The number of ether oxygens (including phenoxy) is 1. The highest BCUT2D eigenvalue weighted by Gasteiger charge is 2.55. The van der Waals surface area contributed by atoms with Crippen molar-refractivity contribution in [2.24, 2.45) is 11.3 Å². The Bertz CT molecular complexity index is 919. The Kier molecular flexibility index (Phi) is 5.27. The van der Waals surface area contributed by atoms with E-state index >= 15 is 0 Å². The molecule has 3 atom stereocenters. The third-order valence-electron chi connectivity index (χ3n) is 6.37. The van der Waals surface area contributed by atoms with Gasteiger partial charge in [-0.2, -0.15) is 0 Å². The summed E-state index contributed by atoms with van der Waals surface area (Å²) >= 11 is 0. The van der Waals surface area contributed by atoms with Crippen LogP contribution in [0.5, 0.6) is 0 Å². The summed E-state index contributed by atoms with van der Waals surface area (Å²) in [5.41, 5.74) is 3.56. The zero-order valence-corrected chi connectivity index (χ0v) is 16.8. The average Bonchev–Trinajstić information content (AvgIpc) is 3.19. The van der Waals surface area contributed by atoms with Crippen molar-refractivity contribution in [3.63, 3.8) is 0 Å². The first-order valence-electron chi connectivity index (χ1n) is 10.3. The predicted octanol–water partition coefficient (Wildman–Crippen LogP) is 4.87. The zero-order valence-electron chi connectivity index (χ0n) is 16.8. The number of anilines is 1. The highest BCUT2D eigenvalue weighted by Crippen LogP contribution is 2.52. The lowest BCUT2D eigenvalue weighted by Gasteiger charge is -2.24. The Balaban J connectivity index is 1.45. The fourth-order valence-electron chi connectivity index (χ4n) is 4.82. The van der Waals surface area contributed by atoms with Crippen LogP contribution in [0.1, 0.15) is 43.2 Å². The molecule has 2 aromatic rings. The molecular formula is C25H27NO3. The van der Waals surface area contributed by atoms with Crippen LogP contribution in [0.2, 0.25) is 0 Å². The van der Waals surface area contributed by atoms with Gasteiger partial charge in [-0.1, -0.05) is 61.5 Å². The standard InChI is InChI=1S/C25H27NO3/c1-3-22(19-7-5-4-6-8-19)23(27)26-21-11-9-18(10-12-21)15-25-14-17(2)13-20(25)16-29-24(25)28/h4-12,20,22H,2-3,13-16H2,1H3,(H,26,27)/t20?,22-,25?/m0/s1. The minimum Gasteiger partial charge on any atom is -0.465 e. The monoisotopic (exact) mass is 389 g/mol. The van der Waals surface area contributed by atoms with Crippen molar-refractivity contribution in [1.82, 2.24) is 0 Å². The Hall–Kier alpha value is -2.88. The van der Waals surface area contributed by atoms with Gasteiger partial charge in [-0.25, -0.2) is 0 Å². The van der Waals surface area contributed by atoms with Crippen LogP contribution in [-0.4, -0.2) is 18.5 Å². The van der Waals surface area contributed by atoms with E-state index in [9.17, 15) is 9.59 Å². The Morgan fingerprint density at radius 3 is 2.62 bits per heavy atom. The van der Waals surface area contributed by atoms with Gasteiger partial charge in [0.15, 0.2) is 0 Å². The summed E-state index contributed by atoms with van der Waals surface area (Å²) in [6.07, 6.45) is 2.98. The topological polar surface area (TPSA) is 55.4 Å². The summed E-state index contributed by atoms with van der Waals surface area (Å²) in [6.45, 7) is 6.62. The molecule has 29 heavy (non-hydrogen) atoms. The number of fused-ring (bicyclic) bond motifs is 1. The maximum absolute atomic E-state index is 12.8. The predicted molar refractivity (Wildman–Crippen MR) is 114 cm³/mol. The number of benzene rings is 2. The van der Waals surface area contributed by atoms with Gasteiger partial charge in [0.05, 0.1) is 17.9 Å². The second-order valence-electron chi connectivity index (χ2n) is 8.32. The smallest absolute Gasteiger partial charge is 0.313 e. The van der Waals surface area contributed by atoms with Crippen molar-refractivity contribution in [2.75, 3.05) is 11.9 Å². The number of cyclic esters (lactones) is 1. The van der Waals surface area contributed by atoms with Gasteiger partial charge < -0.3 is 10.1 Å². The Labute approximate surface area is 172 Å². The first-order valence-corrected chi connectivity index (χ1v) is 10.3. The second kappa shape index (κ2) is 7.86. The molecule has 0 bridgehead atoms. The third-order valence-corrected chi connectivity index (χ3v) is 6.37. The molecule has 4 heteroatoms. The average molecular weight is 389 g/mol. The van der Waals surface area contributed by atoms with Crippen molar-refractivity contribution >= 4 is 17.6 Å². The first-order chi connectivity index (χ1) is 14.0. The number of carbonyl (C=O) groups excluding carboxylic acids is 2. The molecule has 2 aromatic carbocycles. The van der Waals surface area contributed by atoms with Gasteiger partial charge in [-0.15, -0.1) is 0 Å². The van der Waals surface area contributed by atoms with Gasteiger partial charge in [-0.05, 0) is 48.9 Å². The number of hydrogen-bond donors (Lipinski definition) is 1. The molecule has 1 amide bonds. The molecule has 0 spiro atoms. The normalized spacial score (nSPS) is 24.1. The largest absolute Gasteiger partial charge is 0.465 e. The van der Waals surface area contributed by atoms with Crippen molar-refractivity contribution in [3.8, 4) is 0 Å². The van der Waals surface area contributed by atoms with Crippen LogP contribution in [0, 0.1) is 11.3 Å². The Morgan fingerprint density at radius 2 is 1.93 bits per heavy atom. The summed E-state index contributed by atoms with van der Waals surface area (Å²) in [4.78, 5) is 25.2. The molecule has 1 saturated heterocycles. The summed E-state index contributed by atoms with van der Waals surface area (Å²) in [5.74, 6) is -0.0323. The van der Waals surface area contributed by atoms with Gasteiger partial charge in [0, 0.05) is 11.6 Å². The number of allylic oxidation sites excluding steroid dienone is 1. The third kappa shape index (κ3) is 3.71.